The molecular formula is C20H36N2. The minimum Gasteiger partial charge on any atom is -0.388 e. The summed E-state index contributed by atoms with van der Waals surface area (Å²) in [5.74, 6) is 2.03. The Morgan fingerprint density at radius 3 is 2.41 bits per heavy atom. The molecule has 2 heteroatoms. The molecule has 0 aromatic rings. The predicted octanol–water partition coefficient (Wildman–Crippen LogP) is 4.94. The number of hydrogen-bond donors (Lipinski definition) is 1. The van der Waals surface area contributed by atoms with E-state index in [-0.39, 0.29) is 0 Å². The zero-order valence-electron chi connectivity index (χ0n) is 15.6. The molecule has 126 valence electrons. The average Bonchev–Trinajstić information content (AvgIpc) is 3.12. The molecule has 2 aliphatic rings. The van der Waals surface area contributed by atoms with Crippen molar-refractivity contribution < 1.29 is 0 Å². The highest BCUT2D eigenvalue weighted by Crippen LogP contribution is 2.31. The molecule has 0 unspecified atom stereocenters. The van der Waals surface area contributed by atoms with Crippen molar-refractivity contribution in [3.05, 3.63) is 23.0 Å². The van der Waals surface area contributed by atoms with Crippen LogP contribution < -0.4 is 5.32 Å². The summed E-state index contributed by atoms with van der Waals surface area (Å²) in [4.78, 5) is 2.65. The number of nitrogens with one attached hydrogen (secondary N) is 1. The van der Waals surface area contributed by atoms with Gasteiger partial charge in [0.1, 0.15) is 0 Å². The van der Waals surface area contributed by atoms with Crippen LogP contribution in [-0.2, 0) is 0 Å². The normalized spacial score (nSPS) is 21.6. The number of allylic oxidation sites excluding steroid dienone is 2. The molecule has 0 aromatic carbocycles. The largest absolute Gasteiger partial charge is 0.388 e. The van der Waals surface area contributed by atoms with Gasteiger partial charge in [-0.1, -0.05) is 40.7 Å². The van der Waals surface area contributed by atoms with E-state index >= 15 is 0 Å². The molecule has 0 spiro atoms. The van der Waals surface area contributed by atoms with E-state index in [1.54, 1.807) is 17.0 Å². The number of hydrogen-bond acceptors (Lipinski definition) is 2. The third-order valence-electron chi connectivity index (χ3n) is 5.44. The number of nitrogens with zero attached hydrogens (tertiary/aromatic N) is 1. The molecule has 0 bridgehead atoms. The average molecular weight is 305 g/mol. The third kappa shape index (κ3) is 3.88. The van der Waals surface area contributed by atoms with Gasteiger partial charge < -0.3 is 10.2 Å². The van der Waals surface area contributed by atoms with Crippen molar-refractivity contribution in [3.8, 4) is 0 Å². The maximum Gasteiger partial charge on any atom is 0.0258 e. The molecule has 2 atom stereocenters. The summed E-state index contributed by atoms with van der Waals surface area (Å²) < 4.78 is 0. The van der Waals surface area contributed by atoms with Gasteiger partial charge in [0.25, 0.3) is 0 Å². The SMILES string of the molecule is CC(C)C1=CCCN1[C@@H](C)CC[C@H](C)C1=C(C(C)C)CCN1. The summed E-state index contributed by atoms with van der Waals surface area (Å²) in [6.07, 6.45) is 7.52. The highest BCUT2D eigenvalue weighted by atomic mass is 15.2. The highest BCUT2D eigenvalue weighted by molar-refractivity contribution is 5.22. The molecular weight excluding hydrogens is 268 g/mol. The van der Waals surface area contributed by atoms with Gasteiger partial charge in [0, 0.05) is 30.5 Å². The lowest BCUT2D eigenvalue weighted by atomic mass is 9.91. The van der Waals surface area contributed by atoms with Gasteiger partial charge in [-0.2, -0.15) is 0 Å². The van der Waals surface area contributed by atoms with Crippen molar-refractivity contribution in [2.75, 3.05) is 13.1 Å². The maximum atomic E-state index is 3.66. The Morgan fingerprint density at radius 2 is 1.77 bits per heavy atom. The topological polar surface area (TPSA) is 15.3 Å². The molecule has 0 aliphatic carbocycles. The number of rotatable bonds is 7. The quantitative estimate of drug-likeness (QED) is 0.716. The standard InChI is InChI=1S/C20H36N2/c1-14(2)18-11-12-21-20(18)16(5)9-10-17(6)22-13-7-8-19(22)15(3)4/h8,14-17,21H,7,9-13H2,1-6H3/t16-,17-/m0/s1. The van der Waals surface area contributed by atoms with E-state index < -0.39 is 0 Å². The minimum atomic E-state index is 0.661. The lowest BCUT2D eigenvalue weighted by Gasteiger charge is -2.32. The molecule has 0 aromatic heterocycles. The Labute approximate surface area is 138 Å². The second-order valence-electron chi connectivity index (χ2n) is 7.86. The van der Waals surface area contributed by atoms with Crippen molar-refractivity contribution in [2.45, 2.75) is 73.3 Å². The molecule has 22 heavy (non-hydrogen) atoms. The fraction of sp³-hybridized carbons (Fsp3) is 0.800. The molecule has 2 nitrogen and oxygen atoms in total. The lowest BCUT2D eigenvalue weighted by molar-refractivity contribution is 0.247. The summed E-state index contributed by atoms with van der Waals surface area (Å²) in [6.45, 7) is 16.5. The zero-order valence-corrected chi connectivity index (χ0v) is 15.6. The predicted molar refractivity (Wildman–Crippen MR) is 96.6 cm³/mol. The van der Waals surface area contributed by atoms with Crippen LogP contribution in [-0.4, -0.2) is 24.0 Å². The lowest BCUT2D eigenvalue weighted by Crippen LogP contribution is -2.32. The molecule has 0 amide bonds. The minimum absolute atomic E-state index is 0.661. The second-order valence-corrected chi connectivity index (χ2v) is 7.86. The van der Waals surface area contributed by atoms with E-state index in [0.717, 1.165) is 6.54 Å². The summed E-state index contributed by atoms with van der Waals surface area (Å²) in [6, 6.07) is 0.670. The summed E-state index contributed by atoms with van der Waals surface area (Å²) >= 11 is 0. The van der Waals surface area contributed by atoms with Gasteiger partial charge in [0.2, 0.25) is 0 Å². The van der Waals surface area contributed by atoms with E-state index in [9.17, 15) is 0 Å². The second kappa shape index (κ2) is 7.57. The summed E-state index contributed by atoms with van der Waals surface area (Å²) in [5.41, 5.74) is 4.80. The van der Waals surface area contributed by atoms with Crippen LogP contribution in [0.4, 0.5) is 0 Å². The maximum absolute atomic E-state index is 3.66. The highest BCUT2D eigenvalue weighted by Gasteiger charge is 2.25. The van der Waals surface area contributed by atoms with Gasteiger partial charge in [-0.15, -0.1) is 0 Å². The van der Waals surface area contributed by atoms with E-state index in [2.05, 4.69) is 57.8 Å². The monoisotopic (exact) mass is 304 g/mol. The van der Waals surface area contributed by atoms with Crippen LogP contribution in [0.3, 0.4) is 0 Å². The smallest absolute Gasteiger partial charge is 0.0258 e. The Hall–Kier alpha value is -0.920. The first-order valence-corrected chi connectivity index (χ1v) is 9.35. The molecule has 0 radical (unpaired) electrons. The van der Waals surface area contributed by atoms with Crippen LogP contribution in [0.25, 0.3) is 0 Å². The van der Waals surface area contributed by atoms with Gasteiger partial charge in [-0.05, 0) is 55.9 Å². The molecule has 1 N–H and O–H groups in total. The van der Waals surface area contributed by atoms with E-state index in [0.29, 0.717) is 23.8 Å². The fourth-order valence-corrected chi connectivity index (χ4v) is 4.10. The molecule has 0 saturated heterocycles. The van der Waals surface area contributed by atoms with Crippen molar-refractivity contribution in [3.63, 3.8) is 0 Å². The van der Waals surface area contributed by atoms with Crippen LogP contribution in [0.1, 0.15) is 67.2 Å². The van der Waals surface area contributed by atoms with Crippen LogP contribution in [0.5, 0.6) is 0 Å². The summed E-state index contributed by atoms with van der Waals surface area (Å²) in [5, 5.41) is 3.66. The molecule has 2 rings (SSSR count). The van der Waals surface area contributed by atoms with Gasteiger partial charge in [0.15, 0.2) is 0 Å². The van der Waals surface area contributed by atoms with Gasteiger partial charge in [-0.25, -0.2) is 0 Å². The molecule has 0 fully saturated rings. The Kier molecular flexibility index (Phi) is 6.00. The van der Waals surface area contributed by atoms with Crippen LogP contribution >= 0.6 is 0 Å². The van der Waals surface area contributed by atoms with Crippen molar-refractivity contribution in [1.82, 2.24) is 10.2 Å². The molecule has 2 aliphatic heterocycles. The first-order valence-electron chi connectivity index (χ1n) is 9.35. The van der Waals surface area contributed by atoms with Gasteiger partial charge in [-0.3, -0.25) is 0 Å². The van der Waals surface area contributed by atoms with Gasteiger partial charge >= 0.3 is 0 Å². The van der Waals surface area contributed by atoms with Crippen LogP contribution in [0.15, 0.2) is 23.0 Å². The summed E-state index contributed by atoms with van der Waals surface area (Å²) in [7, 11) is 0. The Balaban J connectivity index is 1.90. The third-order valence-corrected chi connectivity index (χ3v) is 5.44. The van der Waals surface area contributed by atoms with E-state index in [1.807, 2.05) is 0 Å². The van der Waals surface area contributed by atoms with Crippen molar-refractivity contribution >= 4 is 0 Å². The fourth-order valence-electron chi connectivity index (χ4n) is 4.10. The zero-order chi connectivity index (χ0) is 16.3. The molecule has 0 saturated carbocycles. The van der Waals surface area contributed by atoms with E-state index in [1.165, 1.54) is 32.2 Å². The Morgan fingerprint density at radius 1 is 1.05 bits per heavy atom. The first kappa shape index (κ1) is 17.4. The molecule has 2 heterocycles. The van der Waals surface area contributed by atoms with Crippen molar-refractivity contribution in [2.24, 2.45) is 17.8 Å². The van der Waals surface area contributed by atoms with Crippen LogP contribution in [0, 0.1) is 17.8 Å². The first-order chi connectivity index (χ1) is 10.4. The van der Waals surface area contributed by atoms with Gasteiger partial charge in [0.05, 0.1) is 0 Å². The van der Waals surface area contributed by atoms with Crippen molar-refractivity contribution in [1.29, 1.82) is 0 Å². The Bertz CT molecular complexity index is 431. The van der Waals surface area contributed by atoms with Crippen LogP contribution in [0.2, 0.25) is 0 Å². The van der Waals surface area contributed by atoms with E-state index in [4.69, 9.17) is 0 Å².